The SMILES string of the molecule is COc1ccc(-c2nn(Cc3ccccc3)c(N)c2C)cc1[N+](=O)[O-]. The van der Waals surface area contributed by atoms with E-state index < -0.39 is 4.92 Å². The van der Waals surface area contributed by atoms with Crippen molar-refractivity contribution in [2.45, 2.75) is 13.5 Å². The number of methoxy groups -OCH3 is 1. The van der Waals surface area contributed by atoms with E-state index in [9.17, 15) is 10.1 Å². The van der Waals surface area contributed by atoms with E-state index in [1.165, 1.54) is 13.2 Å². The average molecular weight is 338 g/mol. The average Bonchev–Trinajstić information content (AvgIpc) is 2.90. The second-order valence-corrected chi connectivity index (χ2v) is 5.65. The molecule has 0 aliphatic heterocycles. The summed E-state index contributed by atoms with van der Waals surface area (Å²) in [6.07, 6.45) is 0. The largest absolute Gasteiger partial charge is 0.490 e. The van der Waals surface area contributed by atoms with Crippen molar-refractivity contribution in [1.29, 1.82) is 0 Å². The van der Waals surface area contributed by atoms with E-state index in [1.807, 2.05) is 37.3 Å². The molecule has 25 heavy (non-hydrogen) atoms. The van der Waals surface area contributed by atoms with Crippen LogP contribution in [0.5, 0.6) is 5.75 Å². The molecule has 0 fully saturated rings. The topological polar surface area (TPSA) is 96.2 Å². The molecule has 0 amide bonds. The standard InChI is InChI=1S/C18H18N4O3/c1-12-17(14-8-9-16(25-2)15(10-14)22(23)24)20-21(18(12)19)11-13-6-4-3-5-7-13/h3-10H,11,19H2,1-2H3. The number of rotatable bonds is 5. The van der Waals surface area contributed by atoms with Gasteiger partial charge in [-0.2, -0.15) is 5.10 Å². The predicted octanol–water partition coefficient (Wildman–Crippen LogP) is 3.41. The lowest BCUT2D eigenvalue weighted by atomic mass is 10.1. The zero-order valence-electron chi connectivity index (χ0n) is 14.0. The third-order valence-corrected chi connectivity index (χ3v) is 4.06. The molecule has 0 unspecified atom stereocenters. The van der Waals surface area contributed by atoms with Crippen molar-refractivity contribution in [3.8, 4) is 17.0 Å². The predicted molar refractivity (Wildman–Crippen MR) is 95.6 cm³/mol. The highest BCUT2D eigenvalue weighted by Crippen LogP contribution is 2.34. The molecule has 2 aromatic carbocycles. The molecular weight excluding hydrogens is 320 g/mol. The Kier molecular flexibility index (Phi) is 4.38. The summed E-state index contributed by atoms with van der Waals surface area (Å²) in [5.41, 5.74) is 9.20. The van der Waals surface area contributed by atoms with Gasteiger partial charge in [-0.15, -0.1) is 0 Å². The number of benzene rings is 2. The van der Waals surface area contributed by atoms with E-state index in [2.05, 4.69) is 5.10 Å². The van der Waals surface area contributed by atoms with E-state index in [1.54, 1.807) is 16.8 Å². The summed E-state index contributed by atoms with van der Waals surface area (Å²) in [4.78, 5) is 10.8. The molecule has 3 rings (SSSR count). The van der Waals surface area contributed by atoms with E-state index in [0.717, 1.165) is 11.1 Å². The number of aromatic nitrogens is 2. The van der Waals surface area contributed by atoms with Crippen molar-refractivity contribution in [3.63, 3.8) is 0 Å². The molecule has 7 heteroatoms. The Labute approximate surface area is 144 Å². The first-order valence-corrected chi connectivity index (χ1v) is 7.71. The molecule has 2 N–H and O–H groups in total. The summed E-state index contributed by atoms with van der Waals surface area (Å²) >= 11 is 0. The Bertz CT molecular complexity index is 920. The Morgan fingerprint density at radius 3 is 2.60 bits per heavy atom. The maximum atomic E-state index is 11.2. The number of nitro groups is 1. The minimum atomic E-state index is -0.470. The highest BCUT2D eigenvalue weighted by Gasteiger charge is 2.20. The molecule has 0 radical (unpaired) electrons. The van der Waals surface area contributed by atoms with Gasteiger partial charge in [-0.1, -0.05) is 30.3 Å². The van der Waals surface area contributed by atoms with Crippen LogP contribution in [0.3, 0.4) is 0 Å². The lowest BCUT2D eigenvalue weighted by molar-refractivity contribution is -0.385. The third-order valence-electron chi connectivity index (χ3n) is 4.06. The van der Waals surface area contributed by atoms with E-state index in [4.69, 9.17) is 10.5 Å². The number of ether oxygens (including phenoxy) is 1. The highest BCUT2D eigenvalue weighted by molar-refractivity contribution is 5.71. The van der Waals surface area contributed by atoms with Crippen LogP contribution >= 0.6 is 0 Å². The van der Waals surface area contributed by atoms with Crippen LogP contribution < -0.4 is 10.5 Å². The van der Waals surface area contributed by atoms with Gasteiger partial charge >= 0.3 is 5.69 Å². The van der Waals surface area contributed by atoms with Crippen molar-refractivity contribution in [3.05, 3.63) is 69.8 Å². The van der Waals surface area contributed by atoms with Crippen LogP contribution in [0.4, 0.5) is 11.5 Å². The molecule has 1 aromatic heterocycles. The second-order valence-electron chi connectivity index (χ2n) is 5.65. The van der Waals surface area contributed by atoms with Gasteiger partial charge in [0, 0.05) is 17.2 Å². The summed E-state index contributed by atoms with van der Waals surface area (Å²) < 4.78 is 6.75. The fourth-order valence-corrected chi connectivity index (χ4v) is 2.70. The van der Waals surface area contributed by atoms with Crippen LogP contribution in [0.15, 0.2) is 48.5 Å². The minimum absolute atomic E-state index is 0.101. The van der Waals surface area contributed by atoms with Gasteiger partial charge < -0.3 is 10.5 Å². The van der Waals surface area contributed by atoms with Crippen LogP contribution in [-0.4, -0.2) is 21.8 Å². The van der Waals surface area contributed by atoms with Gasteiger partial charge in [0.1, 0.15) is 5.82 Å². The smallest absolute Gasteiger partial charge is 0.311 e. The number of nitrogens with two attached hydrogens (primary N) is 1. The van der Waals surface area contributed by atoms with Gasteiger partial charge in [0.25, 0.3) is 0 Å². The van der Waals surface area contributed by atoms with Crippen molar-refractivity contribution in [2.24, 2.45) is 0 Å². The molecule has 7 nitrogen and oxygen atoms in total. The number of hydrogen-bond donors (Lipinski definition) is 1. The van der Waals surface area contributed by atoms with Gasteiger partial charge in [0.2, 0.25) is 0 Å². The molecule has 128 valence electrons. The Morgan fingerprint density at radius 1 is 1.24 bits per heavy atom. The first kappa shape index (κ1) is 16.5. The monoisotopic (exact) mass is 338 g/mol. The Morgan fingerprint density at radius 2 is 1.96 bits per heavy atom. The zero-order chi connectivity index (χ0) is 18.0. The molecule has 0 atom stereocenters. The fraction of sp³-hybridized carbons (Fsp3) is 0.167. The summed E-state index contributed by atoms with van der Waals surface area (Å²) in [6, 6.07) is 14.6. The summed E-state index contributed by atoms with van der Waals surface area (Å²) in [6.45, 7) is 2.39. The van der Waals surface area contributed by atoms with Crippen molar-refractivity contribution >= 4 is 11.5 Å². The first-order valence-electron chi connectivity index (χ1n) is 7.71. The zero-order valence-corrected chi connectivity index (χ0v) is 14.0. The molecule has 1 heterocycles. The molecule has 0 spiro atoms. The molecule has 0 saturated carbocycles. The van der Waals surface area contributed by atoms with Gasteiger partial charge in [-0.25, -0.2) is 4.68 Å². The van der Waals surface area contributed by atoms with Gasteiger partial charge in [-0.3, -0.25) is 10.1 Å². The lowest BCUT2D eigenvalue weighted by Gasteiger charge is -2.04. The van der Waals surface area contributed by atoms with Crippen LogP contribution in [-0.2, 0) is 6.54 Å². The Hall–Kier alpha value is -3.35. The lowest BCUT2D eigenvalue weighted by Crippen LogP contribution is -2.06. The van der Waals surface area contributed by atoms with Gasteiger partial charge in [0.15, 0.2) is 5.75 Å². The minimum Gasteiger partial charge on any atom is -0.490 e. The van der Waals surface area contributed by atoms with Gasteiger partial charge in [0.05, 0.1) is 24.3 Å². The van der Waals surface area contributed by atoms with Crippen LogP contribution in [0.25, 0.3) is 11.3 Å². The number of hydrogen-bond acceptors (Lipinski definition) is 5. The van der Waals surface area contributed by atoms with Crippen LogP contribution in [0.1, 0.15) is 11.1 Å². The summed E-state index contributed by atoms with van der Waals surface area (Å²) in [5.74, 6) is 0.750. The molecular formula is C18H18N4O3. The molecule has 0 aliphatic carbocycles. The first-order chi connectivity index (χ1) is 12.0. The quantitative estimate of drug-likeness (QED) is 0.568. The van der Waals surface area contributed by atoms with E-state index in [0.29, 0.717) is 23.6 Å². The van der Waals surface area contributed by atoms with Crippen LogP contribution in [0, 0.1) is 17.0 Å². The van der Waals surface area contributed by atoms with E-state index >= 15 is 0 Å². The van der Waals surface area contributed by atoms with Crippen LogP contribution in [0.2, 0.25) is 0 Å². The molecule has 0 saturated heterocycles. The summed E-state index contributed by atoms with van der Waals surface area (Å²) in [5, 5.41) is 15.8. The number of nitro benzene ring substituents is 1. The van der Waals surface area contributed by atoms with Crippen molar-refractivity contribution in [2.75, 3.05) is 12.8 Å². The third kappa shape index (κ3) is 3.16. The maximum Gasteiger partial charge on any atom is 0.311 e. The molecule has 0 bridgehead atoms. The maximum absolute atomic E-state index is 11.2. The Balaban J connectivity index is 2.02. The van der Waals surface area contributed by atoms with E-state index in [-0.39, 0.29) is 11.4 Å². The summed E-state index contributed by atoms with van der Waals surface area (Å²) in [7, 11) is 1.40. The normalized spacial score (nSPS) is 10.6. The second kappa shape index (κ2) is 6.64. The number of nitrogens with zero attached hydrogens (tertiary/aromatic N) is 3. The van der Waals surface area contributed by atoms with Crippen molar-refractivity contribution < 1.29 is 9.66 Å². The number of nitrogen functional groups attached to an aromatic ring is 1. The van der Waals surface area contributed by atoms with Gasteiger partial charge in [-0.05, 0) is 24.6 Å². The molecule has 3 aromatic rings. The fourth-order valence-electron chi connectivity index (χ4n) is 2.70. The number of anilines is 1. The molecule has 0 aliphatic rings. The highest BCUT2D eigenvalue weighted by atomic mass is 16.6. The van der Waals surface area contributed by atoms with Crippen molar-refractivity contribution in [1.82, 2.24) is 9.78 Å².